The van der Waals surface area contributed by atoms with Crippen molar-refractivity contribution in [3.8, 4) is 0 Å². The Morgan fingerprint density at radius 2 is 1.61 bits per heavy atom. The van der Waals surface area contributed by atoms with Crippen molar-refractivity contribution in [1.82, 2.24) is 9.78 Å². The second kappa shape index (κ2) is 4.84. The maximum Gasteiger partial charge on any atom is 0.122 e. The fourth-order valence-electron chi connectivity index (χ4n) is 2.15. The van der Waals surface area contributed by atoms with Gasteiger partial charge in [0.15, 0.2) is 0 Å². The Bertz CT molecular complexity index is 523. The molecule has 2 N–H and O–H groups in total. The standard InChI is InChI=1S/C15H21N3/c1-10(2)13-5-7-14(8-6-13)12(4)18-15(16)9-11(3)17-18/h5-10,12H,16H2,1-4H3. The summed E-state index contributed by atoms with van der Waals surface area (Å²) >= 11 is 0. The first-order chi connectivity index (χ1) is 8.49. The predicted octanol–water partition coefficient (Wildman–Crippen LogP) is 3.51. The number of aryl methyl sites for hydroxylation is 1. The first-order valence-electron chi connectivity index (χ1n) is 6.40. The number of rotatable bonds is 3. The molecule has 3 nitrogen and oxygen atoms in total. The van der Waals surface area contributed by atoms with E-state index >= 15 is 0 Å². The van der Waals surface area contributed by atoms with Gasteiger partial charge in [-0.15, -0.1) is 0 Å². The summed E-state index contributed by atoms with van der Waals surface area (Å²) in [6.07, 6.45) is 0. The Morgan fingerprint density at radius 3 is 2.06 bits per heavy atom. The molecular weight excluding hydrogens is 222 g/mol. The van der Waals surface area contributed by atoms with E-state index in [1.165, 1.54) is 11.1 Å². The lowest BCUT2D eigenvalue weighted by Crippen LogP contribution is -2.11. The van der Waals surface area contributed by atoms with Crippen molar-refractivity contribution < 1.29 is 0 Å². The second-order valence-corrected chi connectivity index (χ2v) is 5.15. The van der Waals surface area contributed by atoms with Crippen LogP contribution >= 0.6 is 0 Å². The van der Waals surface area contributed by atoms with Crippen molar-refractivity contribution in [2.24, 2.45) is 0 Å². The Labute approximate surface area is 109 Å². The number of hydrogen-bond acceptors (Lipinski definition) is 2. The van der Waals surface area contributed by atoms with Crippen LogP contribution in [0.25, 0.3) is 0 Å². The van der Waals surface area contributed by atoms with Crippen LogP contribution in [0.5, 0.6) is 0 Å². The van der Waals surface area contributed by atoms with Crippen LogP contribution in [-0.2, 0) is 0 Å². The van der Waals surface area contributed by atoms with E-state index in [4.69, 9.17) is 5.73 Å². The van der Waals surface area contributed by atoms with Gasteiger partial charge in [-0.05, 0) is 30.9 Å². The molecule has 0 saturated carbocycles. The minimum absolute atomic E-state index is 0.167. The van der Waals surface area contributed by atoms with Gasteiger partial charge in [0.05, 0.1) is 11.7 Å². The number of hydrogen-bond donors (Lipinski definition) is 1. The van der Waals surface area contributed by atoms with E-state index in [1.807, 2.05) is 17.7 Å². The molecule has 0 aliphatic heterocycles. The molecular formula is C15H21N3. The molecule has 1 heterocycles. The molecule has 1 unspecified atom stereocenters. The third-order valence-electron chi connectivity index (χ3n) is 3.34. The summed E-state index contributed by atoms with van der Waals surface area (Å²) in [6.45, 7) is 8.48. The lowest BCUT2D eigenvalue weighted by molar-refractivity contribution is 0.568. The first-order valence-corrected chi connectivity index (χ1v) is 6.40. The molecule has 0 bridgehead atoms. The molecule has 0 aliphatic rings. The maximum absolute atomic E-state index is 5.96. The van der Waals surface area contributed by atoms with Crippen LogP contribution in [0.2, 0.25) is 0 Å². The minimum atomic E-state index is 0.167. The molecule has 0 fully saturated rings. The zero-order valence-electron chi connectivity index (χ0n) is 11.5. The monoisotopic (exact) mass is 243 g/mol. The number of benzene rings is 1. The molecule has 0 spiro atoms. The number of nitrogens with zero attached hydrogens (tertiary/aromatic N) is 2. The van der Waals surface area contributed by atoms with Gasteiger partial charge < -0.3 is 5.73 Å². The summed E-state index contributed by atoms with van der Waals surface area (Å²) in [6, 6.07) is 10.8. The molecule has 2 aromatic rings. The summed E-state index contributed by atoms with van der Waals surface area (Å²) in [5.41, 5.74) is 9.50. The molecule has 1 aromatic heterocycles. The average Bonchev–Trinajstić information content (AvgIpc) is 2.67. The van der Waals surface area contributed by atoms with Crippen molar-refractivity contribution in [3.63, 3.8) is 0 Å². The Morgan fingerprint density at radius 1 is 1.06 bits per heavy atom. The van der Waals surface area contributed by atoms with Gasteiger partial charge in [0.1, 0.15) is 5.82 Å². The maximum atomic E-state index is 5.96. The topological polar surface area (TPSA) is 43.8 Å². The highest BCUT2D eigenvalue weighted by Crippen LogP contribution is 2.23. The van der Waals surface area contributed by atoms with Crippen LogP contribution < -0.4 is 5.73 Å². The second-order valence-electron chi connectivity index (χ2n) is 5.15. The van der Waals surface area contributed by atoms with Crippen molar-refractivity contribution in [3.05, 3.63) is 47.2 Å². The van der Waals surface area contributed by atoms with Crippen LogP contribution in [0.4, 0.5) is 5.82 Å². The van der Waals surface area contributed by atoms with Gasteiger partial charge in [0, 0.05) is 6.07 Å². The lowest BCUT2D eigenvalue weighted by atomic mass is 10.00. The van der Waals surface area contributed by atoms with E-state index in [0.29, 0.717) is 11.7 Å². The quantitative estimate of drug-likeness (QED) is 0.896. The van der Waals surface area contributed by atoms with E-state index in [2.05, 4.69) is 50.1 Å². The molecule has 1 atom stereocenters. The first kappa shape index (κ1) is 12.7. The van der Waals surface area contributed by atoms with Crippen molar-refractivity contribution in [2.45, 2.75) is 39.7 Å². The van der Waals surface area contributed by atoms with Gasteiger partial charge in [-0.1, -0.05) is 38.1 Å². The molecule has 0 aliphatic carbocycles. The third kappa shape index (κ3) is 2.40. The van der Waals surface area contributed by atoms with Crippen molar-refractivity contribution in [2.75, 3.05) is 5.73 Å². The van der Waals surface area contributed by atoms with Gasteiger partial charge in [-0.2, -0.15) is 5.10 Å². The number of anilines is 1. The zero-order chi connectivity index (χ0) is 13.3. The van der Waals surface area contributed by atoms with Gasteiger partial charge in [0.2, 0.25) is 0 Å². The number of nitrogen functional groups attached to an aromatic ring is 1. The molecule has 18 heavy (non-hydrogen) atoms. The van der Waals surface area contributed by atoms with E-state index < -0.39 is 0 Å². The van der Waals surface area contributed by atoms with Gasteiger partial charge >= 0.3 is 0 Å². The molecule has 0 radical (unpaired) electrons. The smallest absolute Gasteiger partial charge is 0.122 e. The molecule has 96 valence electrons. The Kier molecular flexibility index (Phi) is 3.41. The Hall–Kier alpha value is -1.77. The van der Waals surface area contributed by atoms with Gasteiger partial charge in [-0.25, -0.2) is 4.68 Å². The molecule has 2 rings (SSSR count). The van der Waals surface area contributed by atoms with E-state index in [9.17, 15) is 0 Å². The normalized spacial score (nSPS) is 12.9. The highest BCUT2D eigenvalue weighted by Gasteiger charge is 2.12. The molecule has 1 aromatic carbocycles. The summed E-state index contributed by atoms with van der Waals surface area (Å²) in [5.74, 6) is 1.28. The van der Waals surface area contributed by atoms with Crippen molar-refractivity contribution >= 4 is 5.82 Å². The SMILES string of the molecule is Cc1cc(N)n(C(C)c2ccc(C(C)C)cc2)n1. The molecule has 0 saturated heterocycles. The van der Waals surface area contributed by atoms with Crippen molar-refractivity contribution in [1.29, 1.82) is 0 Å². The summed E-state index contributed by atoms with van der Waals surface area (Å²) in [4.78, 5) is 0. The fourth-order valence-corrected chi connectivity index (χ4v) is 2.15. The highest BCUT2D eigenvalue weighted by atomic mass is 15.3. The van der Waals surface area contributed by atoms with Crippen LogP contribution in [-0.4, -0.2) is 9.78 Å². The van der Waals surface area contributed by atoms with Crippen LogP contribution in [0, 0.1) is 6.92 Å². The highest BCUT2D eigenvalue weighted by molar-refractivity contribution is 5.34. The van der Waals surface area contributed by atoms with Gasteiger partial charge in [0.25, 0.3) is 0 Å². The summed E-state index contributed by atoms with van der Waals surface area (Å²) in [5, 5.41) is 4.44. The summed E-state index contributed by atoms with van der Waals surface area (Å²) < 4.78 is 1.87. The third-order valence-corrected chi connectivity index (χ3v) is 3.34. The van der Waals surface area contributed by atoms with E-state index in [0.717, 1.165) is 5.69 Å². The molecule has 0 amide bonds. The lowest BCUT2D eigenvalue weighted by Gasteiger charge is -2.15. The number of nitrogens with two attached hydrogens (primary N) is 1. The average molecular weight is 243 g/mol. The van der Waals surface area contributed by atoms with Gasteiger partial charge in [-0.3, -0.25) is 0 Å². The fraction of sp³-hybridized carbons (Fsp3) is 0.400. The minimum Gasteiger partial charge on any atom is -0.384 e. The van der Waals surface area contributed by atoms with E-state index in [-0.39, 0.29) is 6.04 Å². The van der Waals surface area contributed by atoms with E-state index in [1.54, 1.807) is 0 Å². The largest absolute Gasteiger partial charge is 0.384 e. The number of aromatic nitrogens is 2. The molecule has 3 heteroatoms. The van der Waals surface area contributed by atoms with Crippen LogP contribution in [0.1, 0.15) is 49.6 Å². The van der Waals surface area contributed by atoms with Crippen LogP contribution in [0.15, 0.2) is 30.3 Å². The summed E-state index contributed by atoms with van der Waals surface area (Å²) in [7, 11) is 0. The van der Waals surface area contributed by atoms with Crippen LogP contribution in [0.3, 0.4) is 0 Å². The predicted molar refractivity (Wildman–Crippen MR) is 75.7 cm³/mol. The Balaban J connectivity index is 2.28. The zero-order valence-corrected chi connectivity index (χ0v) is 11.5.